The van der Waals surface area contributed by atoms with E-state index in [1.807, 2.05) is 0 Å². The maximum Gasteiger partial charge on any atom is 0.0693 e. The highest BCUT2D eigenvalue weighted by Gasteiger charge is 2.32. The molecule has 84 valence electrons. The molecule has 0 aromatic rings. The Morgan fingerprint density at radius 2 is 1.93 bits per heavy atom. The number of rotatable bonds is 7. The van der Waals surface area contributed by atoms with Crippen molar-refractivity contribution in [3.63, 3.8) is 0 Å². The molecular formula is C11H23NO2. The fraction of sp³-hybridized carbons (Fsp3) is 1.00. The van der Waals surface area contributed by atoms with E-state index >= 15 is 0 Å². The first-order chi connectivity index (χ1) is 6.69. The van der Waals surface area contributed by atoms with Crippen molar-refractivity contribution in [1.29, 1.82) is 0 Å². The number of nitrogens with one attached hydrogen (secondary N) is 1. The van der Waals surface area contributed by atoms with Crippen LogP contribution in [0.4, 0.5) is 0 Å². The van der Waals surface area contributed by atoms with E-state index < -0.39 is 0 Å². The van der Waals surface area contributed by atoms with Gasteiger partial charge in [-0.3, -0.25) is 0 Å². The lowest BCUT2D eigenvalue weighted by molar-refractivity contribution is 0.0729. The molecule has 1 aliphatic carbocycles. The molecule has 3 nitrogen and oxygen atoms in total. The van der Waals surface area contributed by atoms with Gasteiger partial charge in [-0.2, -0.15) is 0 Å². The summed E-state index contributed by atoms with van der Waals surface area (Å²) in [6.07, 6.45) is 2.94. The van der Waals surface area contributed by atoms with Gasteiger partial charge in [-0.15, -0.1) is 0 Å². The number of methoxy groups -OCH3 is 2. The summed E-state index contributed by atoms with van der Waals surface area (Å²) in [5.41, 5.74) is 0. The molecule has 0 radical (unpaired) electrons. The van der Waals surface area contributed by atoms with E-state index in [9.17, 15) is 0 Å². The maximum atomic E-state index is 5.29. The van der Waals surface area contributed by atoms with Crippen LogP contribution in [0.15, 0.2) is 0 Å². The molecule has 0 bridgehead atoms. The zero-order valence-electron chi connectivity index (χ0n) is 9.75. The largest absolute Gasteiger partial charge is 0.383 e. The van der Waals surface area contributed by atoms with Gasteiger partial charge in [0, 0.05) is 26.3 Å². The Bertz CT molecular complexity index is 159. The molecule has 0 aromatic heterocycles. The number of hydrogen-bond donors (Lipinski definition) is 1. The summed E-state index contributed by atoms with van der Waals surface area (Å²) < 4.78 is 10.5. The molecule has 3 heteroatoms. The van der Waals surface area contributed by atoms with Crippen LogP contribution in [0.2, 0.25) is 0 Å². The first kappa shape index (κ1) is 12.0. The summed E-state index contributed by atoms with van der Waals surface area (Å²) in [5, 5.41) is 3.58. The molecule has 3 unspecified atom stereocenters. The Morgan fingerprint density at radius 3 is 2.36 bits per heavy atom. The van der Waals surface area contributed by atoms with Crippen molar-refractivity contribution in [3.8, 4) is 0 Å². The lowest BCUT2D eigenvalue weighted by atomic mass is 10.1. The number of ether oxygens (including phenoxy) is 2. The Balaban J connectivity index is 2.30. The van der Waals surface area contributed by atoms with E-state index in [1.54, 1.807) is 14.2 Å². The summed E-state index contributed by atoms with van der Waals surface area (Å²) in [7, 11) is 3.52. The van der Waals surface area contributed by atoms with Crippen molar-refractivity contribution in [1.82, 2.24) is 5.32 Å². The predicted octanol–water partition coefficient (Wildman–Crippen LogP) is 1.42. The normalized spacial score (nSPS) is 23.1. The van der Waals surface area contributed by atoms with Crippen LogP contribution in [0.1, 0.15) is 26.7 Å². The van der Waals surface area contributed by atoms with E-state index in [0.29, 0.717) is 12.1 Å². The molecule has 1 fully saturated rings. The highest BCUT2D eigenvalue weighted by Crippen LogP contribution is 2.33. The van der Waals surface area contributed by atoms with Crippen molar-refractivity contribution in [3.05, 3.63) is 0 Å². The van der Waals surface area contributed by atoms with E-state index in [4.69, 9.17) is 9.47 Å². The summed E-state index contributed by atoms with van der Waals surface area (Å²) >= 11 is 0. The molecule has 1 rings (SSSR count). The molecule has 0 aromatic carbocycles. The van der Waals surface area contributed by atoms with Crippen LogP contribution in [-0.2, 0) is 9.47 Å². The van der Waals surface area contributed by atoms with Crippen LogP contribution < -0.4 is 5.32 Å². The van der Waals surface area contributed by atoms with Gasteiger partial charge in [-0.05, 0) is 32.6 Å². The van der Waals surface area contributed by atoms with Gasteiger partial charge < -0.3 is 14.8 Å². The minimum atomic E-state index is 0.258. The maximum absolute atomic E-state index is 5.29. The van der Waals surface area contributed by atoms with Gasteiger partial charge in [0.2, 0.25) is 0 Å². The van der Waals surface area contributed by atoms with Crippen LogP contribution in [0.25, 0.3) is 0 Å². The zero-order valence-corrected chi connectivity index (χ0v) is 9.75. The molecule has 0 aliphatic heterocycles. The highest BCUT2D eigenvalue weighted by atomic mass is 16.5. The first-order valence-electron chi connectivity index (χ1n) is 5.46. The Hall–Kier alpha value is -0.120. The van der Waals surface area contributed by atoms with Gasteiger partial charge in [0.05, 0.1) is 12.7 Å². The summed E-state index contributed by atoms with van der Waals surface area (Å²) in [6.45, 7) is 5.07. The van der Waals surface area contributed by atoms with Crippen molar-refractivity contribution >= 4 is 0 Å². The van der Waals surface area contributed by atoms with Gasteiger partial charge in [-0.25, -0.2) is 0 Å². The van der Waals surface area contributed by atoms with Crippen LogP contribution in [0.3, 0.4) is 0 Å². The van der Waals surface area contributed by atoms with Gasteiger partial charge in [-0.1, -0.05) is 0 Å². The van der Waals surface area contributed by atoms with Crippen LogP contribution >= 0.6 is 0 Å². The van der Waals surface area contributed by atoms with Crippen LogP contribution in [-0.4, -0.2) is 39.0 Å². The molecule has 0 saturated heterocycles. The predicted molar refractivity (Wildman–Crippen MR) is 57.5 cm³/mol. The van der Waals surface area contributed by atoms with Crippen molar-refractivity contribution in [2.75, 3.05) is 20.8 Å². The second-order valence-electron chi connectivity index (χ2n) is 4.30. The van der Waals surface area contributed by atoms with E-state index in [-0.39, 0.29) is 6.10 Å². The third kappa shape index (κ3) is 3.56. The fourth-order valence-corrected chi connectivity index (χ4v) is 1.68. The van der Waals surface area contributed by atoms with E-state index in [2.05, 4.69) is 19.2 Å². The quantitative estimate of drug-likeness (QED) is 0.676. The fourth-order valence-electron chi connectivity index (χ4n) is 1.68. The minimum absolute atomic E-state index is 0.258. The minimum Gasteiger partial charge on any atom is -0.383 e. The lowest BCUT2D eigenvalue weighted by Gasteiger charge is -2.26. The Kier molecular flexibility index (Phi) is 4.85. The Morgan fingerprint density at radius 1 is 1.29 bits per heavy atom. The van der Waals surface area contributed by atoms with Crippen LogP contribution in [0.5, 0.6) is 0 Å². The molecular weight excluding hydrogens is 178 g/mol. The molecule has 0 amide bonds. The average molecular weight is 201 g/mol. The second kappa shape index (κ2) is 5.69. The zero-order chi connectivity index (χ0) is 10.6. The topological polar surface area (TPSA) is 30.5 Å². The molecule has 14 heavy (non-hydrogen) atoms. The third-order valence-electron chi connectivity index (χ3n) is 3.09. The second-order valence-corrected chi connectivity index (χ2v) is 4.30. The van der Waals surface area contributed by atoms with Crippen molar-refractivity contribution < 1.29 is 9.47 Å². The van der Waals surface area contributed by atoms with Gasteiger partial charge in [0.15, 0.2) is 0 Å². The van der Waals surface area contributed by atoms with Crippen molar-refractivity contribution in [2.24, 2.45) is 5.92 Å². The molecule has 1 saturated carbocycles. The molecule has 0 spiro atoms. The third-order valence-corrected chi connectivity index (χ3v) is 3.09. The lowest BCUT2D eigenvalue weighted by Crippen LogP contribution is -2.46. The van der Waals surface area contributed by atoms with Gasteiger partial charge in [0.1, 0.15) is 0 Å². The van der Waals surface area contributed by atoms with Crippen LogP contribution in [0, 0.1) is 5.92 Å². The van der Waals surface area contributed by atoms with Crippen molar-refractivity contribution in [2.45, 2.75) is 44.9 Å². The summed E-state index contributed by atoms with van der Waals surface area (Å²) in [5.74, 6) is 0.821. The summed E-state index contributed by atoms with van der Waals surface area (Å²) in [4.78, 5) is 0. The smallest absolute Gasteiger partial charge is 0.0693 e. The average Bonchev–Trinajstić information content (AvgIpc) is 2.99. The SMILES string of the molecule is COCC(NC(C)C(C)OC)C1CC1. The monoisotopic (exact) mass is 201 g/mol. The van der Waals surface area contributed by atoms with Gasteiger partial charge in [0.25, 0.3) is 0 Å². The Labute approximate surface area is 87.2 Å². The molecule has 3 atom stereocenters. The van der Waals surface area contributed by atoms with E-state index in [0.717, 1.165) is 12.5 Å². The highest BCUT2D eigenvalue weighted by molar-refractivity contribution is 4.88. The molecule has 1 aliphatic rings. The molecule has 1 N–H and O–H groups in total. The standard InChI is InChI=1S/C11H23NO2/c1-8(9(2)14-4)12-11(7-13-3)10-5-6-10/h8-12H,5-7H2,1-4H3. The van der Waals surface area contributed by atoms with E-state index in [1.165, 1.54) is 12.8 Å². The number of hydrogen-bond acceptors (Lipinski definition) is 3. The van der Waals surface area contributed by atoms with Gasteiger partial charge >= 0.3 is 0 Å². The first-order valence-corrected chi connectivity index (χ1v) is 5.46. The summed E-state index contributed by atoms with van der Waals surface area (Å²) in [6, 6.07) is 0.897. The molecule has 0 heterocycles.